The van der Waals surface area contributed by atoms with Gasteiger partial charge >= 0.3 is 0 Å². The fraction of sp³-hybridized carbons (Fsp3) is 0.250. The topological polar surface area (TPSA) is 43.8 Å². The summed E-state index contributed by atoms with van der Waals surface area (Å²) >= 11 is 1.97. The summed E-state index contributed by atoms with van der Waals surface area (Å²) in [5.74, 6) is 2.24. The van der Waals surface area contributed by atoms with Crippen molar-refractivity contribution in [3.05, 3.63) is 41.7 Å². The molecule has 0 bridgehead atoms. The van der Waals surface area contributed by atoms with Gasteiger partial charge in [0.25, 0.3) is 0 Å². The second-order valence-electron chi connectivity index (χ2n) is 3.89. The third-order valence-corrected chi connectivity index (χ3v) is 3.87. The fourth-order valence-corrected chi connectivity index (χ4v) is 2.98. The number of fused-ring (bicyclic) bond motifs is 1. The number of rotatable bonds is 1. The molecular formula is C12H13N3S. The number of anilines is 1. The van der Waals surface area contributed by atoms with Crippen molar-refractivity contribution in [2.75, 3.05) is 11.5 Å². The Morgan fingerprint density at radius 2 is 2.19 bits per heavy atom. The van der Waals surface area contributed by atoms with Gasteiger partial charge in [-0.2, -0.15) is 16.9 Å². The molecule has 2 N–H and O–H groups in total. The Morgan fingerprint density at radius 1 is 1.31 bits per heavy atom. The molecule has 0 fully saturated rings. The lowest BCUT2D eigenvalue weighted by molar-refractivity contribution is 0.813. The van der Waals surface area contributed by atoms with Gasteiger partial charge in [0.05, 0.1) is 17.6 Å². The van der Waals surface area contributed by atoms with Crippen LogP contribution in [0.5, 0.6) is 0 Å². The van der Waals surface area contributed by atoms with E-state index in [1.54, 1.807) is 0 Å². The third-order valence-electron chi connectivity index (χ3n) is 2.86. The molecule has 4 heteroatoms. The predicted octanol–water partition coefficient (Wildman–Crippen LogP) is 2.24. The molecule has 2 heterocycles. The van der Waals surface area contributed by atoms with Gasteiger partial charge in [0, 0.05) is 17.0 Å². The Bertz CT molecular complexity index is 519. The van der Waals surface area contributed by atoms with Crippen molar-refractivity contribution < 1.29 is 0 Å². The van der Waals surface area contributed by atoms with Gasteiger partial charge in [-0.1, -0.05) is 12.1 Å². The second kappa shape index (κ2) is 3.87. The zero-order valence-corrected chi connectivity index (χ0v) is 9.70. The lowest BCUT2D eigenvalue weighted by Crippen LogP contribution is -2.09. The van der Waals surface area contributed by atoms with Crippen LogP contribution < -0.4 is 5.73 Å². The molecule has 0 saturated carbocycles. The molecule has 0 radical (unpaired) electrons. The van der Waals surface area contributed by atoms with Crippen molar-refractivity contribution in [3.63, 3.8) is 0 Å². The van der Waals surface area contributed by atoms with Crippen LogP contribution in [-0.2, 0) is 12.2 Å². The molecular weight excluding hydrogens is 218 g/mol. The molecule has 0 atom stereocenters. The Labute approximate surface area is 98.6 Å². The number of benzene rings is 1. The van der Waals surface area contributed by atoms with Crippen LogP contribution in [0.2, 0.25) is 0 Å². The Morgan fingerprint density at radius 3 is 3.06 bits per heavy atom. The molecule has 0 aliphatic carbocycles. The van der Waals surface area contributed by atoms with Crippen molar-refractivity contribution >= 4 is 17.4 Å². The van der Waals surface area contributed by atoms with E-state index in [4.69, 9.17) is 5.73 Å². The van der Waals surface area contributed by atoms with E-state index in [1.807, 2.05) is 46.9 Å². The zero-order valence-electron chi connectivity index (χ0n) is 8.89. The van der Waals surface area contributed by atoms with Crippen molar-refractivity contribution in [1.29, 1.82) is 0 Å². The fourth-order valence-electron chi connectivity index (χ4n) is 2.03. The van der Waals surface area contributed by atoms with Gasteiger partial charge in [-0.3, -0.25) is 0 Å². The summed E-state index contributed by atoms with van der Waals surface area (Å²) in [4.78, 5) is 0. The maximum Gasteiger partial charge on any atom is 0.0878 e. The SMILES string of the molecule is Nc1ccccc1-n1ncc2c1CCSC2. The zero-order chi connectivity index (χ0) is 11.0. The average Bonchev–Trinajstić information content (AvgIpc) is 2.74. The highest BCUT2D eigenvalue weighted by Gasteiger charge is 2.16. The first-order chi connectivity index (χ1) is 7.86. The van der Waals surface area contributed by atoms with E-state index in [1.165, 1.54) is 17.0 Å². The van der Waals surface area contributed by atoms with Crippen LogP contribution >= 0.6 is 11.8 Å². The van der Waals surface area contributed by atoms with Crippen LogP contribution in [0.3, 0.4) is 0 Å². The summed E-state index contributed by atoms with van der Waals surface area (Å²) in [7, 11) is 0. The van der Waals surface area contributed by atoms with E-state index in [-0.39, 0.29) is 0 Å². The highest BCUT2D eigenvalue weighted by atomic mass is 32.2. The first-order valence-electron chi connectivity index (χ1n) is 5.34. The van der Waals surface area contributed by atoms with E-state index in [0.29, 0.717) is 0 Å². The quantitative estimate of drug-likeness (QED) is 0.765. The summed E-state index contributed by atoms with van der Waals surface area (Å²) in [5.41, 5.74) is 10.4. The maximum atomic E-state index is 5.98. The van der Waals surface area contributed by atoms with E-state index in [9.17, 15) is 0 Å². The number of hydrogen-bond donors (Lipinski definition) is 1. The first-order valence-corrected chi connectivity index (χ1v) is 6.50. The molecule has 3 rings (SSSR count). The minimum absolute atomic E-state index is 0.784. The lowest BCUT2D eigenvalue weighted by Gasteiger charge is -2.14. The van der Waals surface area contributed by atoms with Crippen molar-refractivity contribution in [3.8, 4) is 5.69 Å². The molecule has 0 amide bonds. The highest BCUT2D eigenvalue weighted by molar-refractivity contribution is 7.98. The number of hydrogen-bond acceptors (Lipinski definition) is 3. The Kier molecular flexibility index (Phi) is 2.36. The van der Waals surface area contributed by atoms with Crippen LogP contribution in [0, 0.1) is 0 Å². The number of nitrogens with zero attached hydrogens (tertiary/aromatic N) is 2. The third kappa shape index (κ3) is 1.50. The predicted molar refractivity (Wildman–Crippen MR) is 67.8 cm³/mol. The van der Waals surface area contributed by atoms with Crippen LogP contribution in [0.15, 0.2) is 30.5 Å². The smallest absolute Gasteiger partial charge is 0.0878 e. The largest absolute Gasteiger partial charge is 0.397 e. The summed E-state index contributed by atoms with van der Waals surface area (Å²) in [6, 6.07) is 7.88. The van der Waals surface area contributed by atoms with Gasteiger partial charge in [-0.05, 0) is 24.3 Å². The van der Waals surface area contributed by atoms with Gasteiger partial charge in [0.15, 0.2) is 0 Å². The number of aromatic nitrogens is 2. The molecule has 16 heavy (non-hydrogen) atoms. The molecule has 82 valence electrons. The number of thioether (sulfide) groups is 1. The summed E-state index contributed by atoms with van der Waals surface area (Å²) < 4.78 is 1.99. The van der Waals surface area contributed by atoms with Crippen LogP contribution in [-0.4, -0.2) is 15.5 Å². The molecule has 0 saturated heterocycles. The van der Waals surface area contributed by atoms with E-state index in [0.717, 1.165) is 23.5 Å². The van der Waals surface area contributed by atoms with Crippen molar-refractivity contribution in [1.82, 2.24) is 9.78 Å². The van der Waals surface area contributed by atoms with Gasteiger partial charge in [-0.25, -0.2) is 4.68 Å². The molecule has 1 aromatic carbocycles. The molecule has 2 aromatic rings. The van der Waals surface area contributed by atoms with Crippen molar-refractivity contribution in [2.24, 2.45) is 0 Å². The number of nitrogen functional groups attached to an aromatic ring is 1. The highest BCUT2D eigenvalue weighted by Crippen LogP contribution is 2.27. The minimum Gasteiger partial charge on any atom is -0.397 e. The summed E-state index contributed by atoms with van der Waals surface area (Å²) in [5, 5.41) is 4.45. The molecule has 1 aromatic heterocycles. The maximum absolute atomic E-state index is 5.98. The van der Waals surface area contributed by atoms with E-state index in [2.05, 4.69) is 5.10 Å². The molecule has 1 aliphatic heterocycles. The standard InChI is InChI=1S/C12H13N3S/c13-10-3-1-2-4-12(10)15-11-5-6-16-8-9(11)7-14-15/h1-4,7H,5-6,8,13H2. The van der Waals surface area contributed by atoms with Gasteiger partial charge < -0.3 is 5.73 Å². The molecule has 0 unspecified atom stereocenters. The van der Waals surface area contributed by atoms with E-state index >= 15 is 0 Å². The number of nitrogens with two attached hydrogens (primary N) is 1. The first kappa shape index (κ1) is 9.78. The average molecular weight is 231 g/mol. The molecule has 3 nitrogen and oxygen atoms in total. The van der Waals surface area contributed by atoms with Crippen LogP contribution in [0.4, 0.5) is 5.69 Å². The number of para-hydroxylation sites is 2. The monoisotopic (exact) mass is 231 g/mol. The van der Waals surface area contributed by atoms with Gasteiger partial charge in [0.1, 0.15) is 0 Å². The van der Waals surface area contributed by atoms with E-state index < -0.39 is 0 Å². The lowest BCUT2D eigenvalue weighted by atomic mass is 10.2. The minimum atomic E-state index is 0.784. The van der Waals surface area contributed by atoms with Crippen LogP contribution in [0.25, 0.3) is 5.69 Å². The second-order valence-corrected chi connectivity index (χ2v) is 4.99. The Balaban J connectivity index is 2.13. The Hall–Kier alpha value is -1.42. The van der Waals surface area contributed by atoms with Crippen molar-refractivity contribution in [2.45, 2.75) is 12.2 Å². The normalized spacial score (nSPS) is 14.8. The summed E-state index contributed by atoms with van der Waals surface area (Å²) in [6.45, 7) is 0. The summed E-state index contributed by atoms with van der Waals surface area (Å²) in [6.07, 6.45) is 3.04. The van der Waals surface area contributed by atoms with Gasteiger partial charge in [0.2, 0.25) is 0 Å². The molecule has 0 spiro atoms. The molecule has 1 aliphatic rings. The van der Waals surface area contributed by atoms with Crippen LogP contribution in [0.1, 0.15) is 11.3 Å². The van der Waals surface area contributed by atoms with Gasteiger partial charge in [-0.15, -0.1) is 0 Å².